The first-order valence-corrected chi connectivity index (χ1v) is 10.2. The van der Waals surface area contributed by atoms with Crippen LogP contribution in [0.1, 0.15) is 6.92 Å². The molecule has 1 unspecified atom stereocenters. The Hall–Kier alpha value is -1.96. The van der Waals surface area contributed by atoms with Gasteiger partial charge in [0.15, 0.2) is 0 Å². The van der Waals surface area contributed by atoms with Crippen molar-refractivity contribution in [2.45, 2.75) is 17.2 Å². The van der Waals surface area contributed by atoms with Gasteiger partial charge in [0.25, 0.3) is 0 Å². The molecule has 2 aromatic heterocycles. The molecule has 0 saturated carbocycles. The van der Waals surface area contributed by atoms with Crippen LogP contribution in [0.3, 0.4) is 0 Å². The summed E-state index contributed by atoms with van der Waals surface area (Å²) in [6.07, 6.45) is 1.59. The highest BCUT2D eigenvalue weighted by atomic mass is 32.2. The number of hydrogen-bond acceptors (Lipinski definition) is 6. The maximum absolute atomic E-state index is 12.7. The molecule has 1 amide bonds. The maximum atomic E-state index is 12.7. The Morgan fingerprint density at radius 3 is 2.77 bits per heavy atom. The molecule has 3 heterocycles. The standard InChI is InChI=1S/C19H19N3O2S2/c1-13(19(23)22-7-9-24-10-8-22)25-17-15-11-16(14-5-3-2-4-6-14)26-18(15)21-12-20-17/h2-6,11-13H,7-10H2,1H3. The van der Waals surface area contributed by atoms with Gasteiger partial charge in [0, 0.05) is 23.4 Å². The van der Waals surface area contributed by atoms with Crippen molar-refractivity contribution in [1.29, 1.82) is 0 Å². The fraction of sp³-hybridized carbons (Fsp3) is 0.316. The minimum atomic E-state index is -0.189. The van der Waals surface area contributed by atoms with Gasteiger partial charge in [0.2, 0.25) is 5.91 Å². The minimum Gasteiger partial charge on any atom is -0.378 e. The number of fused-ring (bicyclic) bond motifs is 1. The molecule has 26 heavy (non-hydrogen) atoms. The van der Waals surface area contributed by atoms with Gasteiger partial charge in [0.05, 0.1) is 18.5 Å². The molecule has 1 atom stereocenters. The largest absolute Gasteiger partial charge is 0.378 e. The van der Waals surface area contributed by atoms with E-state index in [0.717, 1.165) is 20.1 Å². The summed E-state index contributed by atoms with van der Waals surface area (Å²) in [5.41, 5.74) is 1.17. The van der Waals surface area contributed by atoms with Gasteiger partial charge < -0.3 is 9.64 Å². The molecule has 1 fully saturated rings. The fourth-order valence-electron chi connectivity index (χ4n) is 2.93. The Morgan fingerprint density at radius 1 is 1.23 bits per heavy atom. The number of ether oxygens (including phenoxy) is 1. The first-order chi connectivity index (χ1) is 12.7. The van der Waals surface area contributed by atoms with Crippen LogP contribution in [0.15, 0.2) is 47.8 Å². The molecule has 3 aromatic rings. The lowest BCUT2D eigenvalue weighted by Gasteiger charge is -2.28. The second kappa shape index (κ2) is 7.73. The minimum absolute atomic E-state index is 0.142. The molecule has 1 saturated heterocycles. The molecule has 0 N–H and O–H groups in total. The highest BCUT2D eigenvalue weighted by Crippen LogP contribution is 2.37. The third-order valence-electron chi connectivity index (χ3n) is 4.31. The molecule has 0 aliphatic carbocycles. The fourth-order valence-corrected chi connectivity index (χ4v) is 4.98. The van der Waals surface area contributed by atoms with E-state index in [9.17, 15) is 4.79 Å². The summed E-state index contributed by atoms with van der Waals surface area (Å²) in [6, 6.07) is 12.4. The Kier molecular flexibility index (Phi) is 5.19. The van der Waals surface area contributed by atoms with Gasteiger partial charge in [-0.15, -0.1) is 11.3 Å². The number of aromatic nitrogens is 2. The predicted octanol–water partition coefficient (Wildman–Crippen LogP) is 3.70. The van der Waals surface area contributed by atoms with Crippen molar-refractivity contribution in [3.8, 4) is 10.4 Å². The zero-order chi connectivity index (χ0) is 17.9. The number of thiophene rings is 1. The summed E-state index contributed by atoms with van der Waals surface area (Å²) in [6.45, 7) is 4.51. The molecule has 1 aliphatic rings. The molecule has 134 valence electrons. The highest BCUT2D eigenvalue weighted by Gasteiger charge is 2.24. The average Bonchev–Trinajstić information content (AvgIpc) is 3.14. The SMILES string of the molecule is CC(Sc1ncnc2sc(-c3ccccc3)cc12)C(=O)N1CCOCC1. The Labute approximate surface area is 160 Å². The molecule has 0 radical (unpaired) electrons. The molecular formula is C19H19N3O2S2. The van der Waals surface area contributed by atoms with Crippen molar-refractivity contribution in [1.82, 2.24) is 14.9 Å². The Bertz CT molecular complexity index is 908. The van der Waals surface area contributed by atoms with E-state index in [4.69, 9.17) is 4.74 Å². The summed E-state index contributed by atoms with van der Waals surface area (Å²) >= 11 is 3.16. The van der Waals surface area contributed by atoms with Gasteiger partial charge in [-0.05, 0) is 18.6 Å². The van der Waals surface area contributed by atoms with E-state index in [2.05, 4.69) is 28.2 Å². The molecule has 1 aromatic carbocycles. The van der Waals surface area contributed by atoms with E-state index in [-0.39, 0.29) is 11.2 Å². The third-order valence-corrected chi connectivity index (χ3v) is 6.51. The number of carbonyl (C=O) groups excluding carboxylic acids is 1. The molecule has 1 aliphatic heterocycles. The zero-order valence-electron chi connectivity index (χ0n) is 14.4. The van der Waals surface area contributed by atoms with Crippen molar-refractivity contribution >= 4 is 39.2 Å². The van der Waals surface area contributed by atoms with Gasteiger partial charge in [-0.2, -0.15) is 0 Å². The summed E-state index contributed by atoms with van der Waals surface area (Å²) < 4.78 is 5.33. The Balaban J connectivity index is 1.58. The summed E-state index contributed by atoms with van der Waals surface area (Å²) in [5.74, 6) is 0.142. The van der Waals surface area contributed by atoms with E-state index < -0.39 is 0 Å². The maximum Gasteiger partial charge on any atom is 0.235 e. The normalized spacial score (nSPS) is 16.0. The van der Waals surface area contributed by atoms with Crippen molar-refractivity contribution < 1.29 is 9.53 Å². The van der Waals surface area contributed by atoms with Gasteiger partial charge in [-0.1, -0.05) is 42.1 Å². The average molecular weight is 386 g/mol. The first kappa shape index (κ1) is 17.5. The Morgan fingerprint density at radius 2 is 2.00 bits per heavy atom. The number of benzene rings is 1. The molecule has 7 heteroatoms. The highest BCUT2D eigenvalue weighted by molar-refractivity contribution is 8.00. The van der Waals surface area contributed by atoms with Crippen LogP contribution in [-0.4, -0.2) is 52.3 Å². The lowest BCUT2D eigenvalue weighted by Crippen LogP contribution is -2.44. The van der Waals surface area contributed by atoms with Crippen LogP contribution < -0.4 is 0 Å². The first-order valence-electron chi connectivity index (χ1n) is 8.55. The van der Waals surface area contributed by atoms with Crippen molar-refractivity contribution in [2.24, 2.45) is 0 Å². The van der Waals surface area contributed by atoms with Gasteiger partial charge >= 0.3 is 0 Å². The molecule has 5 nitrogen and oxygen atoms in total. The van der Waals surface area contributed by atoms with Crippen LogP contribution >= 0.6 is 23.1 Å². The number of hydrogen-bond donors (Lipinski definition) is 0. The topological polar surface area (TPSA) is 55.3 Å². The number of thioether (sulfide) groups is 1. The van der Waals surface area contributed by atoms with E-state index in [1.54, 1.807) is 17.7 Å². The van der Waals surface area contributed by atoms with Crippen molar-refractivity contribution in [3.05, 3.63) is 42.7 Å². The van der Waals surface area contributed by atoms with E-state index in [1.807, 2.05) is 30.0 Å². The van der Waals surface area contributed by atoms with Crippen LogP contribution in [0.5, 0.6) is 0 Å². The van der Waals surface area contributed by atoms with Crippen LogP contribution in [0.25, 0.3) is 20.7 Å². The zero-order valence-corrected chi connectivity index (χ0v) is 16.1. The van der Waals surface area contributed by atoms with E-state index in [0.29, 0.717) is 26.3 Å². The van der Waals surface area contributed by atoms with Crippen molar-refractivity contribution in [3.63, 3.8) is 0 Å². The quantitative estimate of drug-likeness (QED) is 0.506. The molecule has 0 bridgehead atoms. The second-order valence-corrected chi connectivity index (χ2v) is 8.43. The summed E-state index contributed by atoms with van der Waals surface area (Å²) in [4.78, 5) is 25.5. The summed E-state index contributed by atoms with van der Waals surface area (Å²) in [5, 5.41) is 1.69. The number of nitrogens with zero attached hydrogens (tertiary/aromatic N) is 3. The molecule has 4 rings (SSSR count). The molecular weight excluding hydrogens is 366 g/mol. The number of rotatable bonds is 4. The van der Waals surface area contributed by atoms with E-state index in [1.165, 1.54) is 17.3 Å². The predicted molar refractivity (Wildman–Crippen MR) is 106 cm³/mol. The molecule has 0 spiro atoms. The van der Waals surface area contributed by atoms with Crippen molar-refractivity contribution in [2.75, 3.05) is 26.3 Å². The lowest BCUT2D eigenvalue weighted by atomic mass is 10.2. The van der Waals surface area contributed by atoms with Gasteiger partial charge in [0.1, 0.15) is 16.2 Å². The van der Waals surface area contributed by atoms with Gasteiger partial charge in [-0.25, -0.2) is 9.97 Å². The number of carbonyl (C=O) groups is 1. The van der Waals surface area contributed by atoms with Crippen LogP contribution in [0.2, 0.25) is 0 Å². The van der Waals surface area contributed by atoms with E-state index >= 15 is 0 Å². The smallest absolute Gasteiger partial charge is 0.235 e. The third kappa shape index (κ3) is 3.60. The number of amides is 1. The van der Waals surface area contributed by atoms with Crippen LogP contribution in [0.4, 0.5) is 0 Å². The van der Waals surface area contributed by atoms with Gasteiger partial charge in [-0.3, -0.25) is 4.79 Å². The monoisotopic (exact) mass is 385 g/mol. The lowest BCUT2D eigenvalue weighted by molar-refractivity contribution is -0.134. The second-order valence-electron chi connectivity index (χ2n) is 6.07. The van der Waals surface area contributed by atoms with Crippen LogP contribution in [-0.2, 0) is 9.53 Å². The summed E-state index contributed by atoms with van der Waals surface area (Å²) in [7, 11) is 0. The van der Waals surface area contributed by atoms with Crippen LogP contribution in [0, 0.1) is 0 Å². The number of morpholine rings is 1.